The average molecular weight is 563 g/mol. The van der Waals surface area contributed by atoms with Gasteiger partial charge in [0.25, 0.3) is 0 Å². The molecule has 1 fully saturated rings. The number of hydrogen-bond acceptors (Lipinski definition) is 9. The molecule has 32 heavy (non-hydrogen) atoms. The Hall–Kier alpha value is -2.76. The van der Waals surface area contributed by atoms with Crippen molar-refractivity contribution in [3.05, 3.63) is 57.0 Å². The van der Waals surface area contributed by atoms with E-state index in [-0.39, 0.29) is 0 Å². The van der Waals surface area contributed by atoms with E-state index in [0.29, 0.717) is 49.9 Å². The summed E-state index contributed by atoms with van der Waals surface area (Å²) in [6.45, 7) is 2.67. The summed E-state index contributed by atoms with van der Waals surface area (Å²) in [5.74, 6) is 2.00. The molecule has 0 radical (unpaired) electrons. The van der Waals surface area contributed by atoms with Crippen LogP contribution >= 0.6 is 31.9 Å². The van der Waals surface area contributed by atoms with E-state index in [0.717, 1.165) is 20.2 Å². The molecule has 9 nitrogen and oxygen atoms in total. The molecule has 2 aromatic carbocycles. The van der Waals surface area contributed by atoms with Crippen LogP contribution in [0.15, 0.2) is 56.5 Å². The van der Waals surface area contributed by atoms with Gasteiger partial charge >= 0.3 is 0 Å². The standard InChI is InChI=1S/C21H21Br2N7O2/c1-31-18-6-5-16(23)11-14(18)13-24-29-20-26-19(25-17-4-2-3-15(22)12-17)27-21(28-20)30-7-9-32-10-8-30/h2-6,11-13H,7-10H2,1H3,(H2,25,26,27,28,29)/b24-13-. The Morgan fingerprint density at radius 2 is 1.81 bits per heavy atom. The van der Waals surface area contributed by atoms with Crippen molar-refractivity contribution in [3.63, 3.8) is 0 Å². The molecule has 0 saturated carbocycles. The summed E-state index contributed by atoms with van der Waals surface area (Å²) in [5, 5.41) is 7.53. The number of ether oxygens (including phenoxy) is 2. The molecule has 4 rings (SSSR count). The smallest absolute Gasteiger partial charge is 0.250 e. The van der Waals surface area contributed by atoms with Crippen molar-refractivity contribution >= 4 is 61.6 Å². The highest BCUT2D eigenvalue weighted by Gasteiger charge is 2.17. The lowest BCUT2D eigenvalue weighted by atomic mass is 10.2. The van der Waals surface area contributed by atoms with Crippen LogP contribution in [-0.2, 0) is 4.74 Å². The maximum absolute atomic E-state index is 5.45. The minimum absolute atomic E-state index is 0.323. The third kappa shape index (κ3) is 5.93. The normalized spacial score (nSPS) is 13.9. The molecule has 0 atom stereocenters. The molecule has 11 heteroatoms. The van der Waals surface area contributed by atoms with Gasteiger partial charge in [-0.1, -0.05) is 37.9 Å². The van der Waals surface area contributed by atoms with E-state index in [1.807, 2.05) is 42.5 Å². The van der Waals surface area contributed by atoms with Crippen molar-refractivity contribution in [1.29, 1.82) is 0 Å². The van der Waals surface area contributed by atoms with Gasteiger partial charge in [-0.15, -0.1) is 0 Å². The average Bonchev–Trinajstić information content (AvgIpc) is 2.80. The largest absolute Gasteiger partial charge is 0.496 e. The second-order valence-corrected chi connectivity index (χ2v) is 8.61. The summed E-state index contributed by atoms with van der Waals surface area (Å²) >= 11 is 6.94. The van der Waals surface area contributed by atoms with Crippen molar-refractivity contribution in [2.24, 2.45) is 5.10 Å². The number of halogens is 2. The van der Waals surface area contributed by atoms with Crippen LogP contribution in [0.1, 0.15) is 5.56 Å². The molecule has 1 aliphatic rings. The predicted octanol–water partition coefficient (Wildman–Crippen LogP) is 4.43. The Kier molecular flexibility index (Phi) is 7.51. The first-order valence-corrected chi connectivity index (χ1v) is 11.4. The van der Waals surface area contributed by atoms with E-state index in [2.05, 4.69) is 67.6 Å². The number of morpholine rings is 1. The topological polar surface area (TPSA) is 96.8 Å². The van der Waals surface area contributed by atoms with Gasteiger partial charge in [0.05, 0.1) is 26.5 Å². The Balaban J connectivity index is 1.59. The molecule has 0 bridgehead atoms. The lowest BCUT2D eigenvalue weighted by Crippen LogP contribution is -2.37. The van der Waals surface area contributed by atoms with E-state index in [1.54, 1.807) is 13.3 Å². The van der Waals surface area contributed by atoms with E-state index in [1.165, 1.54) is 0 Å². The predicted molar refractivity (Wildman–Crippen MR) is 132 cm³/mol. The molecular formula is C21H21Br2N7O2. The Bertz CT molecular complexity index is 1110. The number of anilines is 4. The summed E-state index contributed by atoms with van der Waals surface area (Å²) in [7, 11) is 1.62. The van der Waals surface area contributed by atoms with E-state index in [4.69, 9.17) is 9.47 Å². The molecule has 0 aliphatic carbocycles. The molecule has 2 heterocycles. The monoisotopic (exact) mass is 561 g/mol. The van der Waals surface area contributed by atoms with Crippen molar-refractivity contribution < 1.29 is 9.47 Å². The Morgan fingerprint density at radius 3 is 2.59 bits per heavy atom. The number of nitrogens with one attached hydrogen (secondary N) is 2. The summed E-state index contributed by atoms with van der Waals surface area (Å²) in [6.07, 6.45) is 1.66. The number of benzene rings is 2. The second kappa shape index (κ2) is 10.7. The van der Waals surface area contributed by atoms with E-state index < -0.39 is 0 Å². The van der Waals surface area contributed by atoms with Gasteiger partial charge < -0.3 is 19.7 Å². The summed E-state index contributed by atoms with van der Waals surface area (Å²) in [5.41, 5.74) is 4.57. The number of methoxy groups -OCH3 is 1. The highest BCUT2D eigenvalue weighted by atomic mass is 79.9. The molecule has 0 spiro atoms. The zero-order chi connectivity index (χ0) is 22.3. The number of hydrogen-bond donors (Lipinski definition) is 2. The van der Waals surface area contributed by atoms with Crippen LogP contribution in [0.3, 0.4) is 0 Å². The first kappa shape index (κ1) is 22.4. The SMILES string of the molecule is COc1ccc(Br)cc1/C=N\Nc1nc(Nc2cccc(Br)c2)nc(N2CCOCC2)n1. The van der Waals surface area contributed by atoms with Gasteiger partial charge in [-0.25, -0.2) is 5.43 Å². The minimum atomic E-state index is 0.323. The summed E-state index contributed by atoms with van der Waals surface area (Å²) in [6, 6.07) is 13.5. The maximum atomic E-state index is 5.45. The second-order valence-electron chi connectivity index (χ2n) is 6.77. The highest BCUT2D eigenvalue weighted by Crippen LogP contribution is 2.23. The fourth-order valence-electron chi connectivity index (χ4n) is 3.04. The molecular weight excluding hydrogens is 542 g/mol. The lowest BCUT2D eigenvalue weighted by Gasteiger charge is -2.27. The van der Waals surface area contributed by atoms with Gasteiger partial charge in [0, 0.05) is 33.3 Å². The van der Waals surface area contributed by atoms with Gasteiger partial charge in [0.2, 0.25) is 17.8 Å². The van der Waals surface area contributed by atoms with Crippen LogP contribution < -0.4 is 20.4 Å². The van der Waals surface area contributed by atoms with Crippen LogP contribution in [0, 0.1) is 0 Å². The van der Waals surface area contributed by atoms with Crippen LogP contribution in [0.5, 0.6) is 5.75 Å². The Morgan fingerprint density at radius 1 is 1.03 bits per heavy atom. The third-order valence-corrected chi connectivity index (χ3v) is 5.54. The lowest BCUT2D eigenvalue weighted by molar-refractivity contribution is 0.122. The third-order valence-electron chi connectivity index (χ3n) is 4.56. The Labute approximate surface area is 202 Å². The molecule has 2 N–H and O–H groups in total. The zero-order valence-electron chi connectivity index (χ0n) is 17.3. The van der Waals surface area contributed by atoms with Crippen LogP contribution in [0.2, 0.25) is 0 Å². The number of nitrogens with zero attached hydrogens (tertiary/aromatic N) is 5. The fraction of sp³-hybridized carbons (Fsp3) is 0.238. The molecule has 166 valence electrons. The van der Waals surface area contributed by atoms with Crippen molar-refractivity contribution in [1.82, 2.24) is 15.0 Å². The number of aromatic nitrogens is 3. The maximum Gasteiger partial charge on any atom is 0.250 e. The quantitative estimate of drug-likeness (QED) is 0.322. The van der Waals surface area contributed by atoms with Crippen molar-refractivity contribution in [2.45, 2.75) is 0 Å². The minimum Gasteiger partial charge on any atom is -0.496 e. The van der Waals surface area contributed by atoms with Crippen LogP contribution in [0.25, 0.3) is 0 Å². The van der Waals surface area contributed by atoms with Gasteiger partial charge in [0.1, 0.15) is 5.75 Å². The first-order valence-electron chi connectivity index (χ1n) is 9.85. The summed E-state index contributed by atoms with van der Waals surface area (Å²) < 4.78 is 12.7. The van der Waals surface area contributed by atoms with Gasteiger partial charge in [0.15, 0.2) is 0 Å². The number of hydrazone groups is 1. The van der Waals surface area contributed by atoms with Crippen molar-refractivity contribution in [2.75, 3.05) is 49.1 Å². The number of rotatable bonds is 7. The van der Waals surface area contributed by atoms with Gasteiger partial charge in [-0.3, -0.25) is 0 Å². The molecule has 0 amide bonds. The van der Waals surface area contributed by atoms with Crippen molar-refractivity contribution in [3.8, 4) is 5.75 Å². The van der Waals surface area contributed by atoms with E-state index in [9.17, 15) is 0 Å². The molecule has 1 saturated heterocycles. The first-order chi connectivity index (χ1) is 15.6. The highest BCUT2D eigenvalue weighted by molar-refractivity contribution is 9.10. The molecule has 1 aromatic heterocycles. The van der Waals surface area contributed by atoms with Gasteiger partial charge in [-0.05, 0) is 36.4 Å². The van der Waals surface area contributed by atoms with Crippen LogP contribution in [-0.4, -0.2) is 54.6 Å². The van der Waals surface area contributed by atoms with Crippen LogP contribution in [0.4, 0.5) is 23.5 Å². The zero-order valence-corrected chi connectivity index (χ0v) is 20.4. The molecule has 3 aromatic rings. The fourth-order valence-corrected chi connectivity index (χ4v) is 3.81. The van der Waals surface area contributed by atoms with Gasteiger partial charge in [-0.2, -0.15) is 20.1 Å². The summed E-state index contributed by atoms with van der Waals surface area (Å²) in [4.78, 5) is 15.7. The molecule has 0 unspecified atom stereocenters. The van der Waals surface area contributed by atoms with E-state index >= 15 is 0 Å². The molecule has 1 aliphatic heterocycles.